The van der Waals surface area contributed by atoms with Crippen LogP contribution in [0.15, 0.2) is 24.3 Å². The zero-order chi connectivity index (χ0) is 27.6. The Morgan fingerprint density at radius 2 is 1.16 bits per heavy atom. The first-order valence-electron chi connectivity index (χ1n) is 15.2. The SMILES string of the molecule is CCC/C=C/CC/C=C/CCCC(O)C(O)C(CO)NC(=O)C(O)CCCCCCCCCCCCC. The van der Waals surface area contributed by atoms with Crippen LogP contribution in [0.25, 0.3) is 0 Å². The summed E-state index contributed by atoms with van der Waals surface area (Å²) >= 11 is 0. The summed E-state index contributed by atoms with van der Waals surface area (Å²) in [5.41, 5.74) is 0. The molecule has 0 aliphatic rings. The molecular formula is C31H59NO5. The van der Waals surface area contributed by atoms with E-state index in [1.54, 1.807) is 0 Å². The summed E-state index contributed by atoms with van der Waals surface area (Å²) in [4.78, 5) is 12.3. The zero-order valence-electron chi connectivity index (χ0n) is 24.0. The van der Waals surface area contributed by atoms with Crippen molar-refractivity contribution >= 4 is 5.91 Å². The minimum absolute atomic E-state index is 0.361. The predicted octanol–water partition coefficient (Wildman–Crippen LogP) is 6.11. The Bertz CT molecular complexity index is 566. The molecule has 5 N–H and O–H groups in total. The number of amides is 1. The summed E-state index contributed by atoms with van der Waals surface area (Å²) in [7, 11) is 0. The van der Waals surface area contributed by atoms with Gasteiger partial charge in [0.15, 0.2) is 0 Å². The van der Waals surface area contributed by atoms with Gasteiger partial charge in [0.25, 0.3) is 0 Å². The molecule has 0 spiro atoms. The molecule has 0 aromatic heterocycles. The van der Waals surface area contributed by atoms with Gasteiger partial charge in [-0.1, -0.05) is 115 Å². The van der Waals surface area contributed by atoms with Crippen molar-refractivity contribution in [2.45, 2.75) is 160 Å². The van der Waals surface area contributed by atoms with Crippen LogP contribution in [0.2, 0.25) is 0 Å². The fourth-order valence-electron chi connectivity index (χ4n) is 4.37. The van der Waals surface area contributed by atoms with Crippen molar-refractivity contribution < 1.29 is 25.2 Å². The van der Waals surface area contributed by atoms with Crippen LogP contribution in [-0.4, -0.2) is 57.3 Å². The van der Waals surface area contributed by atoms with Crippen LogP contribution in [-0.2, 0) is 4.79 Å². The summed E-state index contributed by atoms with van der Waals surface area (Å²) in [6, 6.07) is -1.00. The second-order valence-corrected chi connectivity index (χ2v) is 10.4. The van der Waals surface area contributed by atoms with Gasteiger partial charge in [-0.15, -0.1) is 0 Å². The van der Waals surface area contributed by atoms with Gasteiger partial charge in [0, 0.05) is 0 Å². The van der Waals surface area contributed by atoms with Gasteiger partial charge in [-0.3, -0.25) is 4.79 Å². The van der Waals surface area contributed by atoms with E-state index in [4.69, 9.17) is 0 Å². The van der Waals surface area contributed by atoms with Crippen molar-refractivity contribution in [3.8, 4) is 0 Å². The number of hydrogen-bond acceptors (Lipinski definition) is 5. The maximum Gasteiger partial charge on any atom is 0.249 e. The average molecular weight is 526 g/mol. The number of carbonyl (C=O) groups excluding carboxylic acids is 1. The lowest BCUT2D eigenvalue weighted by Gasteiger charge is -2.27. The van der Waals surface area contributed by atoms with Crippen LogP contribution in [0.5, 0.6) is 0 Å². The van der Waals surface area contributed by atoms with Crippen molar-refractivity contribution in [1.29, 1.82) is 0 Å². The first-order chi connectivity index (χ1) is 18.0. The molecule has 0 heterocycles. The van der Waals surface area contributed by atoms with E-state index in [0.29, 0.717) is 19.3 Å². The van der Waals surface area contributed by atoms with Crippen LogP contribution < -0.4 is 5.32 Å². The second-order valence-electron chi connectivity index (χ2n) is 10.4. The van der Waals surface area contributed by atoms with Gasteiger partial charge < -0.3 is 25.7 Å². The standard InChI is InChI=1S/C31H59NO5/c1-3-5-7-9-11-13-15-17-19-21-23-25-29(35)31(37)32-27(26-33)30(36)28(34)24-22-20-18-16-14-12-10-8-6-4-2/h8,10,16,18,27-30,33-36H,3-7,9,11-15,17,19-26H2,1-2H3,(H,32,37)/b10-8+,18-16+. The lowest BCUT2D eigenvalue weighted by molar-refractivity contribution is -0.132. The second kappa shape index (κ2) is 26.4. The molecule has 37 heavy (non-hydrogen) atoms. The summed E-state index contributed by atoms with van der Waals surface area (Å²) in [6.45, 7) is 3.90. The molecule has 4 unspecified atom stereocenters. The van der Waals surface area contributed by atoms with Crippen LogP contribution in [0.3, 0.4) is 0 Å². The number of aliphatic hydroxyl groups is 4. The number of allylic oxidation sites excluding steroid dienone is 4. The van der Waals surface area contributed by atoms with Gasteiger partial charge >= 0.3 is 0 Å². The number of nitrogens with one attached hydrogen (secondary N) is 1. The van der Waals surface area contributed by atoms with E-state index in [2.05, 4.69) is 43.5 Å². The van der Waals surface area contributed by atoms with Crippen molar-refractivity contribution in [2.75, 3.05) is 6.61 Å². The van der Waals surface area contributed by atoms with Crippen molar-refractivity contribution in [2.24, 2.45) is 0 Å². The quantitative estimate of drug-likeness (QED) is 0.0691. The maximum absolute atomic E-state index is 12.3. The highest BCUT2D eigenvalue weighted by atomic mass is 16.3. The Balaban J connectivity index is 3.99. The molecule has 218 valence electrons. The summed E-state index contributed by atoms with van der Waals surface area (Å²) < 4.78 is 0. The number of hydrogen-bond donors (Lipinski definition) is 5. The average Bonchev–Trinajstić information content (AvgIpc) is 2.90. The first-order valence-corrected chi connectivity index (χ1v) is 15.2. The van der Waals surface area contributed by atoms with Gasteiger partial charge in [-0.05, 0) is 44.9 Å². The molecule has 6 nitrogen and oxygen atoms in total. The van der Waals surface area contributed by atoms with Gasteiger partial charge in [0.1, 0.15) is 12.2 Å². The Morgan fingerprint density at radius 3 is 1.70 bits per heavy atom. The highest BCUT2D eigenvalue weighted by molar-refractivity contribution is 5.80. The maximum atomic E-state index is 12.3. The molecule has 0 rings (SSSR count). The number of unbranched alkanes of at least 4 members (excludes halogenated alkanes) is 13. The smallest absolute Gasteiger partial charge is 0.249 e. The minimum Gasteiger partial charge on any atom is -0.394 e. The number of rotatable bonds is 26. The number of carbonyl (C=O) groups is 1. The van der Waals surface area contributed by atoms with Crippen LogP contribution in [0, 0.1) is 0 Å². The lowest BCUT2D eigenvalue weighted by atomic mass is 10.00. The topological polar surface area (TPSA) is 110 Å². The third-order valence-corrected chi connectivity index (χ3v) is 6.87. The summed E-state index contributed by atoms with van der Waals surface area (Å²) in [5.74, 6) is -0.603. The highest BCUT2D eigenvalue weighted by Crippen LogP contribution is 2.13. The Morgan fingerprint density at radius 1 is 0.649 bits per heavy atom. The fraction of sp³-hybridized carbons (Fsp3) is 0.839. The molecule has 0 aromatic rings. The molecule has 0 bridgehead atoms. The van der Waals surface area contributed by atoms with E-state index in [0.717, 1.165) is 44.9 Å². The highest BCUT2D eigenvalue weighted by Gasteiger charge is 2.28. The monoisotopic (exact) mass is 525 g/mol. The fourth-order valence-corrected chi connectivity index (χ4v) is 4.37. The third kappa shape index (κ3) is 21.4. The molecule has 0 saturated carbocycles. The Labute approximate surface area is 227 Å². The molecule has 0 fully saturated rings. The van der Waals surface area contributed by atoms with E-state index in [-0.39, 0.29) is 0 Å². The molecule has 0 saturated heterocycles. The zero-order valence-corrected chi connectivity index (χ0v) is 24.0. The largest absolute Gasteiger partial charge is 0.394 e. The normalized spacial score (nSPS) is 15.3. The van der Waals surface area contributed by atoms with Gasteiger partial charge in [-0.25, -0.2) is 0 Å². The Hall–Kier alpha value is -1.21. The van der Waals surface area contributed by atoms with E-state index >= 15 is 0 Å². The Kier molecular flexibility index (Phi) is 25.5. The van der Waals surface area contributed by atoms with E-state index in [1.165, 1.54) is 57.8 Å². The van der Waals surface area contributed by atoms with Crippen molar-refractivity contribution in [3.05, 3.63) is 24.3 Å². The van der Waals surface area contributed by atoms with Crippen LogP contribution in [0.1, 0.15) is 136 Å². The molecule has 0 aromatic carbocycles. The van der Waals surface area contributed by atoms with Crippen LogP contribution in [0.4, 0.5) is 0 Å². The van der Waals surface area contributed by atoms with E-state index < -0.39 is 36.9 Å². The third-order valence-electron chi connectivity index (χ3n) is 6.87. The van der Waals surface area contributed by atoms with Crippen molar-refractivity contribution in [1.82, 2.24) is 5.32 Å². The molecule has 0 aliphatic heterocycles. The molecule has 6 heteroatoms. The minimum atomic E-state index is -1.28. The number of aliphatic hydroxyl groups excluding tert-OH is 4. The predicted molar refractivity (Wildman–Crippen MR) is 154 cm³/mol. The summed E-state index contributed by atoms with van der Waals surface area (Å²) in [5, 5.41) is 43.0. The summed E-state index contributed by atoms with van der Waals surface area (Å²) in [6.07, 6.45) is 24.9. The molecule has 0 radical (unpaired) electrons. The first kappa shape index (κ1) is 35.8. The van der Waals surface area contributed by atoms with Gasteiger partial charge in [0.2, 0.25) is 5.91 Å². The van der Waals surface area contributed by atoms with E-state index in [9.17, 15) is 25.2 Å². The molecular weight excluding hydrogens is 466 g/mol. The lowest BCUT2D eigenvalue weighted by Crippen LogP contribution is -2.53. The van der Waals surface area contributed by atoms with Gasteiger partial charge in [-0.2, -0.15) is 0 Å². The molecule has 0 aliphatic carbocycles. The van der Waals surface area contributed by atoms with Crippen molar-refractivity contribution in [3.63, 3.8) is 0 Å². The van der Waals surface area contributed by atoms with E-state index in [1.807, 2.05) is 0 Å². The molecule has 4 atom stereocenters. The van der Waals surface area contributed by atoms with Crippen LogP contribution >= 0.6 is 0 Å². The molecule has 1 amide bonds. The van der Waals surface area contributed by atoms with Gasteiger partial charge in [0.05, 0.1) is 18.8 Å².